The fourth-order valence-corrected chi connectivity index (χ4v) is 4.98. The Balaban J connectivity index is 1.70. The summed E-state index contributed by atoms with van der Waals surface area (Å²) in [5, 5.41) is 7.02. The average molecular weight is 357 g/mol. The van der Waals surface area contributed by atoms with Crippen molar-refractivity contribution in [3.8, 4) is 10.4 Å². The zero-order chi connectivity index (χ0) is 17.4. The minimum atomic E-state index is -0.0293. The number of nitrogens with two attached hydrogens (primary N) is 1. The molecule has 0 saturated heterocycles. The summed E-state index contributed by atoms with van der Waals surface area (Å²) < 4.78 is 0.689. The van der Waals surface area contributed by atoms with Crippen molar-refractivity contribution < 1.29 is 0 Å². The maximum absolute atomic E-state index is 12.6. The Kier molecular flexibility index (Phi) is 4.43. The first-order valence-corrected chi connectivity index (χ1v) is 9.71. The van der Waals surface area contributed by atoms with Crippen LogP contribution in [0.2, 0.25) is 0 Å². The van der Waals surface area contributed by atoms with Crippen LogP contribution >= 0.6 is 11.3 Å². The van der Waals surface area contributed by atoms with Gasteiger partial charge in [0.15, 0.2) is 0 Å². The summed E-state index contributed by atoms with van der Waals surface area (Å²) in [6, 6.07) is 2.01. The standard InChI is InChI=1S/C18H23N5OS/c1-10-13(9-20-23-10)15-8-14-16(25-15)18(24)22-17(21-14)12-4-2-3-11(7-12)5-6-19/h8-9,11-12H,2-7,19H2,1H3,(H,20,23)(H,21,22,24)/t11?,12-/m0/s1. The molecule has 1 saturated carbocycles. The number of hydrogen-bond donors (Lipinski definition) is 3. The van der Waals surface area contributed by atoms with Crippen LogP contribution in [0.15, 0.2) is 17.1 Å². The van der Waals surface area contributed by atoms with Crippen molar-refractivity contribution in [2.45, 2.75) is 44.9 Å². The van der Waals surface area contributed by atoms with Crippen LogP contribution in [0, 0.1) is 12.8 Å². The molecule has 2 atom stereocenters. The average Bonchev–Trinajstić information content (AvgIpc) is 3.21. The van der Waals surface area contributed by atoms with Crippen LogP contribution in [0.1, 0.15) is 49.5 Å². The Morgan fingerprint density at radius 1 is 1.40 bits per heavy atom. The maximum Gasteiger partial charge on any atom is 0.268 e. The third-order valence-electron chi connectivity index (χ3n) is 5.24. The number of H-pyrrole nitrogens is 2. The Hall–Kier alpha value is -1.99. The second kappa shape index (κ2) is 6.72. The molecule has 1 fully saturated rings. The number of thiophene rings is 1. The number of rotatable bonds is 4. The van der Waals surface area contributed by atoms with E-state index in [1.54, 1.807) is 6.20 Å². The van der Waals surface area contributed by atoms with Crippen LogP contribution in [-0.2, 0) is 0 Å². The van der Waals surface area contributed by atoms with Crippen LogP contribution in [0.3, 0.4) is 0 Å². The molecule has 3 heterocycles. The molecule has 3 aromatic heterocycles. The van der Waals surface area contributed by atoms with Gasteiger partial charge in [0, 0.05) is 22.1 Å². The van der Waals surface area contributed by atoms with E-state index in [0.29, 0.717) is 16.5 Å². The molecule has 0 radical (unpaired) electrons. The quantitative estimate of drug-likeness (QED) is 0.667. The number of nitrogens with one attached hydrogen (secondary N) is 2. The van der Waals surface area contributed by atoms with E-state index in [1.807, 2.05) is 13.0 Å². The molecule has 4 N–H and O–H groups in total. The van der Waals surface area contributed by atoms with Gasteiger partial charge in [-0.1, -0.05) is 12.8 Å². The van der Waals surface area contributed by atoms with E-state index >= 15 is 0 Å². The van der Waals surface area contributed by atoms with E-state index < -0.39 is 0 Å². The SMILES string of the molecule is Cc1[nH]ncc1-c1cc2nc([C@H]3CCCC(CCN)C3)[nH]c(=O)c2s1. The lowest BCUT2D eigenvalue weighted by Gasteiger charge is -2.28. The molecule has 7 heteroatoms. The molecule has 0 aromatic carbocycles. The van der Waals surface area contributed by atoms with Crippen LogP contribution in [0.5, 0.6) is 0 Å². The normalized spacial score (nSPS) is 21.0. The van der Waals surface area contributed by atoms with Crippen LogP contribution in [0.25, 0.3) is 20.7 Å². The highest BCUT2D eigenvalue weighted by Crippen LogP contribution is 2.37. The Bertz CT molecular complexity index is 938. The Morgan fingerprint density at radius 3 is 3.04 bits per heavy atom. The van der Waals surface area contributed by atoms with Gasteiger partial charge in [-0.15, -0.1) is 11.3 Å². The molecule has 1 aliphatic rings. The molecule has 0 aliphatic heterocycles. The second-order valence-corrected chi connectivity index (χ2v) is 8.04. The third-order valence-corrected chi connectivity index (χ3v) is 6.40. The predicted molar refractivity (Wildman–Crippen MR) is 101 cm³/mol. The first-order chi connectivity index (χ1) is 12.2. The number of nitrogens with zero attached hydrogens (tertiary/aromatic N) is 2. The van der Waals surface area contributed by atoms with Gasteiger partial charge in [-0.2, -0.15) is 5.10 Å². The van der Waals surface area contributed by atoms with Crippen molar-refractivity contribution in [2.24, 2.45) is 11.7 Å². The molecule has 132 valence electrons. The lowest BCUT2D eigenvalue weighted by atomic mass is 9.79. The maximum atomic E-state index is 12.6. The highest BCUT2D eigenvalue weighted by Gasteiger charge is 2.25. The van der Waals surface area contributed by atoms with Gasteiger partial charge in [0.1, 0.15) is 10.5 Å². The van der Waals surface area contributed by atoms with Crippen LogP contribution in [0.4, 0.5) is 0 Å². The monoisotopic (exact) mass is 357 g/mol. The van der Waals surface area contributed by atoms with Gasteiger partial charge in [0.25, 0.3) is 5.56 Å². The Morgan fingerprint density at radius 2 is 2.28 bits per heavy atom. The van der Waals surface area contributed by atoms with Gasteiger partial charge < -0.3 is 10.7 Å². The number of aromatic nitrogens is 4. The molecule has 25 heavy (non-hydrogen) atoms. The van der Waals surface area contributed by atoms with Gasteiger partial charge >= 0.3 is 0 Å². The van der Waals surface area contributed by atoms with E-state index in [-0.39, 0.29) is 5.56 Å². The topological polar surface area (TPSA) is 100 Å². The van der Waals surface area contributed by atoms with Crippen molar-refractivity contribution in [1.82, 2.24) is 20.2 Å². The summed E-state index contributed by atoms with van der Waals surface area (Å²) in [7, 11) is 0. The fraction of sp³-hybridized carbons (Fsp3) is 0.500. The molecule has 6 nitrogen and oxygen atoms in total. The van der Waals surface area contributed by atoms with Crippen molar-refractivity contribution in [2.75, 3.05) is 6.54 Å². The molecule has 4 rings (SSSR count). The number of hydrogen-bond acceptors (Lipinski definition) is 5. The summed E-state index contributed by atoms with van der Waals surface area (Å²) in [6.45, 7) is 2.72. The molecule has 3 aromatic rings. The highest BCUT2D eigenvalue weighted by atomic mass is 32.1. The fourth-order valence-electron chi connectivity index (χ4n) is 3.92. The molecule has 0 spiro atoms. The molecular formula is C18H23N5OS. The predicted octanol–water partition coefficient (Wildman–Crippen LogP) is 3.31. The number of aromatic amines is 2. The molecular weight excluding hydrogens is 334 g/mol. The zero-order valence-corrected chi connectivity index (χ0v) is 15.2. The van der Waals surface area contributed by atoms with Crippen molar-refractivity contribution in [1.29, 1.82) is 0 Å². The zero-order valence-electron chi connectivity index (χ0n) is 14.3. The van der Waals surface area contributed by atoms with E-state index in [4.69, 9.17) is 10.7 Å². The largest absolute Gasteiger partial charge is 0.330 e. The van der Waals surface area contributed by atoms with E-state index in [0.717, 1.165) is 53.3 Å². The summed E-state index contributed by atoms with van der Waals surface area (Å²) in [4.78, 5) is 21.5. The van der Waals surface area contributed by atoms with Crippen molar-refractivity contribution in [3.63, 3.8) is 0 Å². The highest BCUT2D eigenvalue weighted by molar-refractivity contribution is 7.22. The van der Waals surface area contributed by atoms with Gasteiger partial charge in [-0.25, -0.2) is 4.98 Å². The summed E-state index contributed by atoms with van der Waals surface area (Å²) in [6.07, 6.45) is 7.44. The molecule has 0 bridgehead atoms. The first-order valence-electron chi connectivity index (χ1n) is 8.90. The van der Waals surface area contributed by atoms with Crippen LogP contribution < -0.4 is 11.3 Å². The van der Waals surface area contributed by atoms with Gasteiger partial charge in [0.2, 0.25) is 0 Å². The third kappa shape index (κ3) is 3.14. The molecule has 1 aliphatic carbocycles. The first kappa shape index (κ1) is 16.5. The van der Waals surface area contributed by atoms with Crippen molar-refractivity contribution >= 4 is 21.6 Å². The molecule has 0 amide bonds. The van der Waals surface area contributed by atoms with Gasteiger partial charge in [-0.3, -0.25) is 9.89 Å². The Labute approximate surface area is 149 Å². The summed E-state index contributed by atoms with van der Waals surface area (Å²) in [5.74, 6) is 1.82. The second-order valence-electron chi connectivity index (χ2n) is 6.99. The van der Waals surface area contributed by atoms with E-state index in [2.05, 4.69) is 15.2 Å². The minimum absolute atomic E-state index is 0.0293. The summed E-state index contributed by atoms with van der Waals surface area (Å²) >= 11 is 1.48. The van der Waals surface area contributed by atoms with E-state index in [9.17, 15) is 4.79 Å². The lowest BCUT2D eigenvalue weighted by molar-refractivity contribution is 0.302. The minimum Gasteiger partial charge on any atom is -0.330 e. The van der Waals surface area contributed by atoms with Gasteiger partial charge in [0.05, 0.1) is 11.7 Å². The van der Waals surface area contributed by atoms with Crippen LogP contribution in [-0.4, -0.2) is 26.7 Å². The lowest BCUT2D eigenvalue weighted by Crippen LogP contribution is -2.21. The van der Waals surface area contributed by atoms with Gasteiger partial charge in [-0.05, 0) is 44.7 Å². The smallest absolute Gasteiger partial charge is 0.268 e. The van der Waals surface area contributed by atoms with E-state index in [1.165, 1.54) is 24.2 Å². The summed E-state index contributed by atoms with van der Waals surface area (Å²) in [5.41, 5.74) is 8.52. The number of aryl methyl sites for hydroxylation is 1. The molecule has 1 unspecified atom stereocenters. The van der Waals surface area contributed by atoms with Crippen molar-refractivity contribution in [3.05, 3.63) is 34.1 Å². The number of fused-ring (bicyclic) bond motifs is 1.